The lowest BCUT2D eigenvalue weighted by molar-refractivity contribution is -0.137. The molecular weight excluding hydrogens is 1490 g/mol. The minimum atomic E-state index is -0.861. The van der Waals surface area contributed by atoms with Crippen LogP contribution in [-0.4, -0.2) is 57.3 Å². The molecule has 632 valence electrons. The van der Waals surface area contributed by atoms with Gasteiger partial charge in [0.05, 0.1) is 39.0 Å². The number of hydrogen-bond acceptors (Lipinski definition) is 8. The van der Waals surface area contributed by atoms with Crippen LogP contribution in [0, 0.1) is 55.4 Å². The summed E-state index contributed by atoms with van der Waals surface area (Å²) in [6.07, 6.45) is 0.826. The number of carbonyl (C=O) groups excluding carboxylic acids is 6. The van der Waals surface area contributed by atoms with Crippen molar-refractivity contribution in [1.82, 2.24) is 0 Å². The van der Waals surface area contributed by atoms with Crippen molar-refractivity contribution in [3.8, 4) is 0 Å². The number of carboxylic acid groups (broad SMARTS) is 2. The van der Waals surface area contributed by atoms with Crippen LogP contribution in [0.25, 0.3) is 43.1 Å². The van der Waals surface area contributed by atoms with Crippen molar-refractivity contribution >= 4 is 113 Å². The van der Waals surface area contributed by atoms with Crippen molar-refractivity contribution in [3.05, 3.63) is 305 Å². The normalized spacial score (nSPS) is 11.9. The molecule has 4 aliphatic heterocycles. The fourth-order valence-corrected chi connectivity index (χ4v) is 15.7. The number of aliphatic carboxylic acids is 2. The van der Waals surface area contributed by atoms with Crippen molar-refractivity contribution in [2.24, 2.45) is 0 Å². The van der Waals surface area contributed by atoms with Crippen LogP contribution in [0.15, 0.2) is 194 Å². The van der Waals surface area contributed by atoms with Gasteiger partial charge < -0.3 is 29.8 Å². The zero-order chi connectivity index (χ0) is 89.7. The molecule has 0 aromatic heterocycles. The van der Waals surface area contributed by atoms with Gasteiger partial charge in [-0.1, -0.05) is 256 Å². The van der Waals surface area contributed by atoms with Gasteiger partial charge in [0.1, 0.15) is 11.6 Å². The van der Waals surface area contributed by atoms with Gasteiger partial charge in [-0.15, -0.1) is 0 Å². The third-order valence-corrected chi connectivity index (χ3v) is 21.2. The van der Waals surface area contributed by atoms with E-state index < -0.39 is 11.9 Å². The van der Waals surface area contributed by atoms with E-state index in [1.807, 2.05) is 270 Å². The zero-order valence-electron chi connectivity index (χ0n) is 76.1. The molecule has 120 heavy (non-hydrogen) atoms. The summed E-state index contributed by atoms with van der Waals surface area (Å²) < 4.78 is 0. The number of benzene rings is 12. The molecule has 4 aliphatic rings. The van der Waals surface area contributed by atoms with E-state index in [0.29, 0.717) is 39.0 Å². The molecule has 0 saturated heterocycles. The van der Waals surface area contributed by atoms with Crippen LogP contribution in [0.4, 0.5) is 22.7 Å². The summed E-state index contributed by atoms with van der Waals surface area (Å²) >= 11 is 0. The number of carboxylic acids is 2. The van der Waals surface area contributed by atoms with Crippen LogP contribution in [0.5, 0.6) is 0 Å². The van der Waals surface area contributed by atoms with Crippen molar-refractivity contribution in [2.45, 2.75) is 232 Å². The maximum atomic E-state index is 13.1. The number of fused-ring (bicyclic) bond motifs is 8. The van der Waals surface area contributed by atoms with Crippen molar-refractivity contribution in [2.75, 3.05) is 19.6 Å². The number of nitrogens with zero attached hydrogens (tertiary/aromatic N) is 4. The van der Waals surface area contributed by atoms with E-state index in [1.165, 1.54) is 32.7 Å². The fourth-order valence-electron chi connectivity index (χ4n) is 15.7. The fraction of sp³-hybridized carbons (Fsp3) is 0.321. The summed E-state index contributed by atoms with van der Waals surface area (Å²) in [5.41, 5.74) is 23.3. The third kappa shape index (κ3) is 21.6. The maximum Gasteiger partial charge on any atom is 0.307 e. The highest BCUT2D eigenvalue weighted by atomic mass is 16.4. The number of anilines is 4. The van der Waals surface area contributed by atoms with E-state index in [4.69, 9.17) is 10.2 Å². The molecule has 0 aliphatic carbocycles. The number of ketones is 2. The van der Waals surface area contributed by atoms with E-state index in [0.717, 1.165) is 144 Å². The minimum absolute atomic E-state index is 0.0114. The van der Waals surface area contributed by atoms with Gasteiger partial charge >= 0.3 is 11.9 Å². The van der Waals surface area contributed by atoms with Gasteiger partial charge in [0.15, 0.2) is 0 Å². The molecule has 0 fully saturated rings. The predicted molar refractivity (Wildman–Crippen MR) is 504 cm³/mol. The minimum Gasteiger partial charge on any atom is -0.481 e. The highest BCUT2D eigenvalue weighted by Crippen LogP contribution is 2.43. The number of amides is 4. The van der Waals surface area contributed by atoms with Crippen LogP contribution in [0.1, 0.15) is 255 Å². The molecule has 0 bridgehead atoms. The van der Waals surface area contributed by atoms with Crippen LogP contribution in [0.2, 0.25) is 0 Å². The molecule has 14 heteroatoms. The van der Waals surface area contributed by atoms with Gasteiger partial charge in [0, 0.05) is 57.8 Å². The Morgan fingerprint density at radius 3 is 0.542 bits per heavy atom. The smallest absolute Gasteiger partial charge is 0.307 e. The number of rotatable bonds is 12. The molecule has 0 radical (unpaired) electrons. The highest BCUT2D eigenvalue weighted by Gasteiger charge is 2.37. The number of Topliss-reactive ketones (excluding diaryl/α,β-unsaturated/α-hetero) is 2. The first-order chi connectivity index (χ1) is 57.9. The molecule has 12 aromatic rings. The lowest BCUT2D eigenvalue weighted by atomic mass is 9.92. The molecule has 12 aromatic carbocycles. The Hall–Kier alpha value is -12.2. The summed E-state index contributed by atoms with van der Waals surface area (Å²) in [6.45, 7) is 53.9. The summed E-state index contributed by atoms with van der Waals surface area (Å²) in [4.78, 5) is 104. The Labute approximate surface area is 714 Å². The zero-order valence-corrected chi connectivity index (χ0v) is 76.1. The number of carbonyl (C=O) groups is 8. The quantitative estimate of drug-likeness (QED) is 0.119. The summed E-state index contributed by atoms with van der Waals surface area (Å²) in [5.74, 6) is -1.30. The van der Waals surface area contributed by atoms with Gasteiger partial charge in [0.25, 0.3) is 23.6 Å². The first-order valence-corrected chi connectivity index (χ1v) is 43.0. The average Bonchev–Trinajstić information content (AvgIpc) is 1.60. The number of aryl methyl sites for hydroxylation is 8. The van der Waals surface area contributed by atoms with Gasteiger partial charge in [-0.25, -0.2) is 0 Å². The first kappa shape index (κ1) is 98.4. The van der Waals surface area contributed by atoms with E-state index in [9.17, 15) is 38.4 Å². The maximum absolute atomic E-state index is 13.1. The SMILES string of the molecule is CC.CC.CC.CC.CC.CC.CC.CC.CC(=O)Cc1ccc(N2Cc3c(c(C)c4ccccc4c3C)C2=O)cc1.CC(=O)Cc1ccc(N2Cc3c(c(C)c4ccccc4c3C)C2=O)cc1.Cc1c2c(c(C)c3ccccc13)C(=O)N(c1ccc(CC(=O)O)cc1)C2.Cc1c2c(c(C)c3ccccc13)C(=O)N(c1ccc(CC(=O)O)cc1)C2. The van der Waals surface area contributed by atoms with E-state index in [2.05, 4.69) is 76.2 Å². The molecule has 14 nitrogen and oxygen atoms in total. The van der Waals surface area contributed by atoms with Crippen LogP contribution in [-0.2, 0) is 71.0 Å². The summed E-state index contributed by atoms with van der Waals surface area (Å²) in [5, 5.41) is 27.2. The molecule has 0 atom stereocenters. The lowest BCUT2D eigenvalue weighted by Gasteiger charge is -2.16. The molecule has 4 heterocycles. The van der Waals surface area contributed by atoms with Crippen LogP contribution < -0.4 is 19.6 Å². The lowest BCUT2D eigenvalue weighted by Crippen LogP contribution is -2.23. The van der Waals surface area contributed by atoms with Crippen molar-refractivity contribution < 1.29 is 48.6 Å². The van der Waals surface area contributed by atoms with Crippen molar-refractivity contribution in [1.29, 1.82) is 0 Å². The second-order valence-corrected chi connectivity index (χ2v) is 27.7. The molecule has 0 saturated carbocycles. The second kappa shape index (κ2) is 46.8. The summed E-state index contributed by atoms with van der Waals surface area (Å²) in [7, 11) is 0. The van der Waals surface area contributed by atoms with Gasteiger partial charge in [-0.3, -0.25) is 38.4 Å². The molecule has 0 unspecified atom stereocenters. The average molecular weight is 1620 g/mol. The van der Waals surface area contributed by atoms with E-state index in [1.54, 1.807) is 47.9 Å². The molecular formula is C106H128N4O10. The molecule has 0 spiro atoms. The Morgan fingerprint density at radius 2 is 0.392 bits per heavy atom. The first-order valence-electron chi connectivity index (χ1n) is 43.0. The van der Waals surface area contributed by atoms with E-state index in [-0.39, 0.29) is 48.0 Å². The standard InChI is InChI=1S/2C23H21NO2.2C22H19NO3.8C2H6/c2*1-14(25)12-17-8-10-18(11-9-17)24-13-21-15(2)19-6-4-5-7-20(19)16(3)22(21)23(24)26;2*1-13-17-5-3-4-6-18(17)14(2)21-19(13)12-23(22(21)26)16-9-7-15(8-10-16)11-20(24)25;8*1-2/h2*4-11H,12-13H2,1-3H3;2*3-10H,11-12H2,1-2H3,(H,24,25);8*1-2H3. The van der Waals surface area contributed by atoms with Gasteiger partial charge in [-0.05, 0) is 250 Å². The Balaban J connectivity index is 0.000000269. The summed E-state index contributed by atoms with van der Waals surface area (Å²) in [6, 6.07) is 62.8. The van der Waals surface area contributed by atoms with Crippen LogP contribution >= 0.6 is 0 Å². The largest absolute Gasteiger partial charge is 0.481 e. The Bertz CT molecular complexity index is 4890. The Morgan fingerprint density at radius 1 is 0.242 bits per heavy atom. The molecule has 4 amide bonds. The monoisotopic (exact) mass is 1620 g/mol. The Kier molecular flexibility index (Phi) is 38.4. The number of hydrogen-bond donors (Lipinski definition) is 2. The third-order valence-electron chi connectivity index (χ3n) is 21.2. The van der Waals surface area contributed by atoms with Gasteiger partial charge in [0.2, 0.25) is 0 Å². The topological polar surface area (TPSA) is 190 Å². The molecule has 2 N–H and O–H groups in total. The van der Waals surface area contributed by atoms with Crippen molar-refractivity contribution in [3.63, 3.8) is 0 Å². The molecule has 16 rings (SSSR count). The van der Waals surface area contributed by atoms with E-state index >= 15 is 0 Å². The predicted octanol–water partition coefficient (Wildman–Crippen LogP) is 26.2. The van der Waals surface area contributed by atoms with Crippen LogP contribution in [0.3, 0.4) is 0 Å². The van der Waals surface area contributed by atoms with Gasteiger partial charge in [-0.2, -0.15) is 0 Å². The highest BCUT2D eigenvalue weighted by molar-refractivity contribution is 6.18. The second-order valence-electron chi connectivity index (χ2n) is 27.7.